The Hall–Kier alpha value is -1.42. The number of ether oxygens (including phenoxy) is 2. The van der Waals surface area contributed by atoms with Crippen LogP contribution < -0.4 is 19.7 Å². The highest BCUT2D eigenvalue weighted by molar-refractivity contribution is 5.62. The zero-order chi connectivity index (χ0) is 13.8. The first-order valence-electron chi connectivity index (χ1n) is 6.86. The van der Waals surface area contributed by atoms with Crippen LogP contribution in [0.4, 0.5) is 5.69 Å². The fourth-order valence-electron chi connectivity index (χ4n) is 2.64. The number of hydrogen-bond donors (Lipinski definition) is 1. The Balaban J connectivity index is 2.32. The van der Waals surface area contributed by atoms with Crippen LogP contribution >= 0.6 is 0 Å². The Labute approximate surface area is 115 Å². The molecule has 4 heteroatoms. The molecule has 106 valence electrons. The quantitative estimate of drug-likeness (QED) is 0.903. The molecule has 1 aliphatic rings. The number of piperazine rings is 1. The summed E-state index contributed by atoms with van der Waals surface area (Å²) < 4.78 is 10.8. The van der Waals surface area contributed by atoms with Crippen molar-refractivity contribution in [3.8, 4) is 11.5 Å². The molecule has 19 heavy (non-hydrogen) atoms. The fourth-order valence-corrected chi connectivity index (χ4v) is 2.64. The molecule has 0 bridgehead atoms. The molecule has 0 spiro atoms. The Morgan fingerprint density at radius 3 is 2.68 bits per heavy atom. The second-order valence-electron chi connectivity index (χ2n) is 5.25. The average Bonchev–Trinajstić information content (AvgIpc) is 2.46. The van der Waals surface area contributed by atoms with Crippen molar-refractivity contribution in [3.63, 3.8) is 0 Å². The van der Waals surface area contributed by atoms with Gasteiger partial charge in [-0.1, -0.05) is 13.8 Å². The van der Waals surface area contributed by atoms with Crippen LogP contribution in [0, 0.1) is 5.92 Å². The van der Waals surface area contributed by atoms with E-state index in [-0.39, 0.29) is 0 Å². The minimum atomic E-state index is 0.496. The summed E-state index contributed by atoms with van der Waals surface area (Å²) in [5, 5.41) is 3.47. The third-order valence-corrected chi connectivity index (χ3v) is 3.75. The van der Waals surface area contributed by atoms with Crippen molar-refractivity contribution in [1.82, 2.24) is 5.32 Å². The van der Waals surface area contributed by atoms with Crippen LogP contribution in [0.25, 0.3) is 0 Å². The highest BCUT2D eigenvalue weighted by atomic mass is 16.5. The molecular weight excluding hydrogens is 240 g/mol. The molecule has 0 aliphatic carbocycles. The van der Waals surface area contributed by atoms with E-state index in [1.807, 2.05) is 12.1 Å². The molecule has 2 rings (SSSR count). The lowest BCUT2D eigenvalue weighted by Crippen LogP contribution is -2.53. The summed E-state index contributed by atoms with van der Waals surface area (Å²) in [4.78, 5) is 2.44. The van der Waals surface area contributed by atoms with Crippen LogP contribution in [-0.2, 0) is 0 Å². The Morgan fingerprint density at radius 1 is 1.26 bits per heavy atom. The molecule has 0 amide bonds. The maximum absolute atomic E-state index is 5.53. The van der Waals surface area contributed by atoms with Gasteiger partial charge >= 0.3 is 0 Å². The number of rotatable bonds is 4. The third-order valence-electron chi connectivity index (χ3n) is 3.75. The number of hydrogen-bond acceptors (Lipinski definition) is 4. The predicted molar refractivity (Wildman–Crippen MR) is 78.4 cm³/mol. The summed E-state index contributed by atoms with van der Waals surface area (Å²) in [6.07, 6.45) is 0. The maximum atomic E-state index is 5.53. The predicted octanol–water partition coefficient (Wildman–Crippen LogP) is 2.14. The van der Waals surface area contributed by atoms with Crippen LogP contribution in [0.15, 0.2) is 18.2 Å². The van der Waals surface area contributed by atoms with Crippen LogP contribution in [0.3, 0.4) is 0 Å². The number of nitrogens with one attached hydrogen (secondary N) is 1. The van der Waals surface area contributed by atoms with Crippen molar-refractivity contribution in [2.45, 2.75) is 19.9 Å². The van der Waals surface area contributed by atoms with Crippen molar-refractivity contribution >= 4 is 5.69 Å². The van der Waals surface area contributed by atoms with Crippen molar-refractivity contribution in [2.75, 3.05) is 38.8 Å². The topological polar surface area (TPSA) is 33.7 Å². The molecule has 0 saturated carbocycles. The first-order chi connectivity index (χ1) is 9.17. The summed E-state index contributed by atoms with van der Waals surface area (Å²) in [5.41, 5.74) is 1.16. The molecule has 1 heterocycles. The van der Waals surface area contributed by atoms with E-state index < -0.39 is 0 Å². The smallest absolute Gasteiger partial charge is 0.145 e. The van der Waals surface area contributed by atoms with Crippen molar-refractivity contribution in [2.24, 2.45) is 5.92 Å². The fraction of sp³-hybridized carbons (Fsp3) is 0.600. The molecule has 0 radical (unpaired) electrons. The summed E-state index contributed by atoms with van der Waals surface area (Å²) in [6.45, 7) is 7.57. The zero-order valence-electron chi connectivity index (χ0n) is 12.3. The molecule has 4 nitrogen and oxygen atoms in total. The van der Waals surface area contributed by atoms with Crippen LogP contribution in [-0.4, -0.2) is 39.9 Å². The zero-order valence-corrected chi connectivity index (χ0v) is 12.3. The molecule has 1 saturated heterocycles. The van der Waals surface area contributed by atoms with Gasteiger partial charge in [0.15, 0.2) is 0 Å². The molecule has 1 atom stereocenters. The average molecular weight is 264 g/mol. The van der Waals surface area contributed by atoms with E-state index in [0.717, 1.165) is 36.8 Å². The van der Waals surface area contributed by atoms with Gasteiger partial charge in [-0.15, -0.1) is 0 Å². The van der Waals surface area contributed by atoms with Gasteiger partial charge in [0.2, 0.25) is 0 Å². The monoisotopic (exact) mass is 264 g/mol. The lowest BCUT2D eigenvalue weighted by Gasteiger charge is -2.40. The van der Waals surface area contributed by atoms with E-state index in [2.05, 4.69) is 30.1 Å². The molecule has 0 aromatic heterocycles. The Kier molecular flexibility index (Phi) is 4.53. The second kappa shape index (κ2) is 6.15. The van der Waals surface area contributed by atoms with Crippen molar-refractivity contribution in [1.29, 1.82) is 0 Å². The molecule has 1 N–H and O–H groups in total. The van der Waals surface area contributed by atoms with Crippen molar-refractivity contribution in [3.05, 3.63) is 18.2 Å². The largest absolute Gasteiger partial charge is 0.497 e. The Morgan fingerprint density at radius 2 is 2.05 bits per heavy atom. The number of anilines is 1. The minimum Gasteiger partial charge on any atom is -0.497 e. The first-order valence-corrected chi connectivity index (χ1v) is 6.86. The minimum absolute atomic E-state index is 0.496. The summed E-state index contributed by atoms with van der Waals surface area (Å²) in [7, 11) is 3.39. The standard InChI is InChI=1S/C15H24N2O2/c1-11(2)14-10-16-7-8-17(14)13-6-5-12(18-3)9-15(13)19-4/h5-6,9,11,14,16H,7-8,10H2,1-4H3. The van der Waals surface area contributed by atoms with E-state index in [4.69, 9.17) is 9.47 Å². The second-order valence-corrected chi connectivity index (χ2v) is 5.25. The summed E-state index contributed by atoms with van der Waals surface area (Å²) >= 11 is 0. The van der Waals surface area contributed by atoms with E-state index >= 15 is 0 Å². The maximum Gasteiger partial charge on any atom is 0.145 e. The number of methoxy groups -OCH3 is 2. The van der Waals surface area contributed by atoms with Gasteiger partial charge in [0.25, 0.3) is 0 Å². The van der Waals surface area contributed by atoms with Crippen LogP contribution in [0.2, 0.25) is 0 Å². The van der Waals surface area contributed by atoms with Gasteiger partial charge in [0.05, 0.1) is 19.9 Å². The lowest BCUT2D eigenvalue weighted by atomic mass is 9.99. The van der Waals surface area contributed by atoms with Crippen LogP contribution in [0.1, 0.15) is 13.8 Å². The lowest BCUT2D eigenvalue weighted by molar-refractivity contribution is 0.372. The molecule has 1 aromatic rings. The van der Waals surface area contributed by atoms with Gasteiger partial charge in [-0.25, -0.2) is 0 Å². The third kappa shape index (κ3) is 2.95. The number of nitrogens with zero attached hydrogens (tertiary/aromatic N) is 1. The SMILES string of the molecule is COc1ccc(N2CCNCC2C(C)C)c(OC)c1. The Bertz CT molecular complexity index is 421. The van der Waals surface area contributed by atoms with Gasteiger partial charge in [-0.2, -0.15) is 0 Å². The number of benzene rings is 1. The van der Waals surface area contributed by atoms with Gasteiger partial charge in [-0.05, 0) is 18.1 Å². The normalized spacial score (nSPS) is 19.6. The van der Waals surface area contributed by atoms with E-state index in [9.17, 15) is 0 Å². The highest BCUT2D eigenvalue weighted by Crippen LogP contribution is 2.34. The van der Waals surface area contributed by atoms with E-state index in [1.54, 1.807) is 14.2 Å². The first kappa shape index (κ1) is 14.0. The van der Waals surface area contributed by atoms with Crippen LogP contribution in [0.5, 0.6) is 11.5 Å². The van der Waals surface area contributed by atoms with Crippen molar-refractivity contribution < 1.29 is 9.47 Å². The summed E-state index contributed by atoms with van der Waals surface area (Å²) in [6, 6.07) is 6.54. The van der Waals surface area contributed by atoms with E-state index in [0.29, 0.717) is 12.0 Å². The highest BCUT2D eigenvalue weighted by Gasteiger charge is 2.27. The molecule has 1 fully saturated rings. The molecule has 1 aliphatic heterocycles. The van der Waals surface area contributed by atoms with Gasteiger partial charge in [-0.3, -0.25) is 0 Å². The van der Waals surface area contributed by atoms with Gasteiger partial charge in [0.1, 0.15) is 11.5 Å². The molecular formula is C15H24N2O2. The van der Waals surface area contributed by atoms with Gasteiger partial charge < -0.3 is 19.7 Å². The molecule has 1 aromatic carbocycles. The summed E-state index contributed by atoms with van der Waals surface area (Å²) in [5.74, 6) is 2.31. The van der Waals surface area contributed by atoms with Gasteiger partial charge in [0, 0.05) is 31.7 Å². The van der Waals surface area contributed by atoms with E-state index in [1.165, 1.54) is 0 Å². The molecule has 1 unspecified atom stereocenters.